The molecule has 17 nitrogen and oxygen atoms in total. The van der Waals surface area contributed by atoms with Crippen molar-refractivity contribution in [3.05, 3.63) is 0 Å². The molecule has 0 aliphatic heterocycles. The molecule has 0 heterocycles. The highest BCUT2D eigenvalue weighted by molar-refractivity contribution is 7.47. The number of esters is 4. The first-order chi connectivity index (χ1) is 43.6. The van der Waals surface area contributed by atoms with Crippen LogP contribution in [0.5, 0.6) is 0 Å². The number of unbranched alkanes of at least 4 members (excludes halogenated alkanes) is 34. The molecular weight excluding hydrogens is 1200 g/mol. The van der Waals surface area contributed by atoms with Gasteiger partial charge in [-0.25, -0.2) is 9.13 Å². The average Bonchev–Trinajstić information content (AvgIpc) is 2.36. The van der Waals surface area contributed by atoms with Crippen LogP contribution in [0, 0.1) is 23.7 Å². The molecule has 3 N–H and O–H groups in total. The summed E-state index contributed by atoms with van der Waals surface area (Å²) in [6, 6.07) is 0. The fourth-order valence-electron chi connectivity index (χ4n) is 10.8. The Labute approximate surface area is 556 Å². The molecule has 0 spiro atoms. The van der Waals surface area contributed by atoms with Gasteiger partial charge in [-0.05, 0) is 49.4 Å². The molecule has 540 valence electrons. The number of aliphatic hydroxyl groups is 1. The van der Waals surface area contributed by atoms with E-state index in [9.17, 15) is 43.2 Å². The highest BCUT2D eigenvalue weighted by Crippen LogP contribution is 2.45. The molecule has 0 amide bonds. The maximum absolute atomic E-state index is 13.0. The van der Waals surface area contributed by atoms with Crippen molar-refractivity contribution in [2.45, 2.75) is 375 Å². The molecular formula is C72H140O17P2. The Morgan fingerprint density at radius 1 is 0.308 bits per heavy atom. The fraction of sp³-hybridized carbons (Fsp3) is 0.944. The summed E-state index contributed by atoms with van der Waals surface area (Å²) < 4.78 is 68.3. The standard InChI is InChI=1S/C72H140O17P2/c1-9-65(8)51-43-35-25-21-17-12-10-11-13-19-23-27-38-46-54-71(76)88-67(58-82-69(74)52-44-36-26-22-18-15-14-16-20-24-32-40-48-62(2)3)60-86-90(78,79)84-56-66(73)57-85-91(80,81)87-61-68(89-72(77)55-47-39-31-29-34-42-50-64(6)7)59-83-70(75)53-45-37-30-28-33-41-49-63(4)5/h62-68,73H,9-61H2,1-8H3,(H,78,79)(H,80,81)/t65?,66-,67-,68-/m1/s1. The van der Waals surface area contributed by atoms with Crippen LogP contribution in [0.2, 0.25) is 0 Å². The highest BCUT2D eigenvalue weighted by atomic mass is 31.2. The second-order valence-corrected chi connectivity index (χ2v) is 30.6. The quantitative estimate of drug-likeness (QED) is 0.0222. The number of phosphoric ester groups is 2. The van der Waals surface area contributed by atoms with Crippen LogP contribution in [-0.4, -0.2) is 96.7 Å². The average molecular weight is 1340 g/mol. The zero-order chi connectivity index (χ0) is 67.5. The topological polar surface area (TPSA) is 237 Å². The summed E-state index contributed by atoms with van der Waals surface area (Å²) in [6.07, 6.45) is 44.7. The van der Waals surface area contributed by atoms with Crippen LogP contribution < -0.4 is 0 Å². The van der Waals surface area contributed by atoms with Crippen LogP contribution in [0.1, 0.15) is 357 Å². The fourth-order valence-corrected chi connectivity index (χ4v) is 12.4. The van der Waals surface area contributed by atoms with E-state index in [1.807, 2.05) is 0 Å². The van der Waals surface area contributed by atoms with Gasteiger partial charge in [0.15, 0.2) is 12.2 Å². The third-order valence-electron chi connectivity index (χ3n) is 16.9. The van der Waals surface area contributed by atoms with Crippen LogP contribution in [0.4, 0.5) is 0 Å². The van der Waals surface area contributed by atoms with Gasteiger partial charge in [-0.2, -0.15) is 0 Å². The van der Waals surface area contributed by atoms with Crippen molar-refractivity contribution in [3.63, 3.8) is 0 Å². The molecule has 0 saturated carbocycles. The highest BCUT2D eigenvalue weighted by Gasteiger charge is 2.30. The van der Waals surface area contributed by atoms with Crippen LogP contribution >= 0.6 is 15.6 Å². The molecule has 19 heteroatoms. The predicted molar refractivity (Wildman–Crippen MR) is 367 cm³/mol. The van der Waals surface area contributed by atoms with Crippen LogP contribution in [-0.2, 0) is 65.4 Å². The van der Waals surface area contributed by atoms with E-state index in [1.54, 1.807) is 0 Å². The Morgan fingerprint density at radius 3 is 0.780 bits per heavy atom. The first-order valence-corrected chi connectivity index (χ1v) is 40.2. The normalized spacial score (nSPS) is 14.5. The van der Waals surface area contributed by atoms with Crippen molar-refractivity contribution in [2.24, 2.45) is 23.7 Å². The van der Waals surface area contributed by atoms with Gasteiger partial charge in [-0.15, -0.1) is 0 Å². The lowest BCUT2D eigenvalue weighted by Gasteiger charge is -2.21. The lowest BCUT2D eigenvalue weighted by molar-refractivity contribution is -0.161. The summed E-state index contributed by atoms with van der Waals surface area (Å²) in [5.74, 6) is 0.844. The molecule has 0 radical (unpaired) electrons. The second kappa shape index (κ2) is 61.6. The molecule has 0 bridgehead atoms. The summed E-state index contributed by atoms with van der Waals surface area (Å²) >= 11 is 0. The van der Waals surface area contributed by atoms with E-state index in [-0.39, 0.29) is 25.7 Å². The van der Waals surface area contributed by atoms with E-state index < -0.39 is 97.5 Å². The molecule has 0 fully saturated rings. The van der Waals surface area contributed by atoms with Gasteiger partial charge in [-0.1, -0.05) is 306 Å². The van der Waals surface area contributed by atoms with Gasteiger partial charge < -0.3 is 33.8 Å². The molecule has 0 saturated heterocycles. The van der Waals surface area contributed by atoms with Crippen LogP contribution in [0.25, 0.3) is 0 Å². The van der Waals surface area contributed by atoms with Crippen LogP contribution in [0.15, 0.2) is 0 Å². The summed E-state index contributed by atoms with van der Waals surface area (Å²) in [6.45, 7) is 14.1. The number of hydrogen-bond donors (Lipinski definition) is 3. The van der Waals surface area contributed by atoms with E-state index in [4.69, 9.17) is 37.0 Å². The van der Waals surface area contributed by atoms with Crippen molar-refractivity contribution >= 4 is 39.5 Å². The number of aliphatic hydroxyl groups excluding tert-OH is 1. The lowest BCUT2D eigenvalue weighted by Crippen LogP contribution is -2.30. The monoisotopic (exact) mass is 1340 g/mol. The van der Waals surface area contributed by atoms with E-state index in [2.05, 4.69) is 55.4 Å². The Kier molecular flexibility index (Phi) is 60.3. The van der Waals surface area contributed by atoms with Gasteiger partial charge in [0, 0.05) is 25.7 Å². The van der Waals surface area contributed by atoms with Crippen molar-refractivity contribution in [3.8, 4) is 0 Å². The number of hydrogen-bond acceptors (Lipinski definition) is 15. The van der Waals surface area contributed by atoms with Gasteiger partial charge in [0.1, 0.15) is 19.3 Å². The van der Waals surface area contributed by atoms with Gasteiger partial charge in [0.05, 0.1) is 26.4 Å². The van der Waals surface area contributed by atoms with E-state index in [0.29, 0.717) is 37.5 Å². The predicted octanol–water partition coefficient (Wildman–Crippen LogP) is 20.5. The van der Waals surface area contributed by atoms with E-state index in [0.717, 1.165) is 108 Å². The van der Waals surface area contributed by atoms with Gasteiger partial charge in [0.2, 0.25) is 0 Å². The van der Waals surface area contributed by atoms with Crippen molar-refractivity contribution in [2.75, 3.05) is 39.6 Å². The van der Waals surface area contributed by atoms with Crippen LogP contribution in [0.3, 0.4) is 0 Å². The molecule has 0 aliphatic rings. The molecule has 0 aromatic heterocycles. The second-order valence-electron chi connectivity index (χ2n) is 27.6. The maximum atomic E-state index is 13.0. The maximum Gasteiger partial charge on any atom is 0.472 e. The SMILES string of the molecule is CCC(C)CCCCCCCCCCCCCCCCC(=O)O[C@H](COC(=O)CCCCCCCCCCCCCCC(C)C)COP(=O)(O)OC[C@@H](O)COP(=O)(O)OC[C@@H](COC(=O)CCCCCCCCC(C)C)OC(=O)CCCCCCCCC(C)C. The molecule has 6 atom stereocenters. The Bertz CT molecular complexity index is 1800. The molecule has 91 heavy (non-hydrogen) atoms. The number of phosphoric acid groups is 2. The van der Waals surface area contributed by atoms with Crippen molar-refractivity contribution in [1.29, 1.82) is 0 Å². The zero-order valence-electron chi connectivity index (χ0n) is 59.5. The first-order valence-electron chi connectivity index (χ1n) is 37.2. The third-order valence-corrected chi connectivity index (χ3v) is 18.8. The Balaban J connectivity index is 5.22. The number of ether oxygens (including phenoxy) is 4. The lowest BCUT2D eigenvalue weighted by atomic mass is 9.99. The zero-order valence-corrected chi connectivity index (χ0v) is 61.3. The molecule has 3 unspecified atom stereocenters. The van der Waals surface area contributed by atoms with E-state index >= 15 is 0 Å². The number of carbonyl (C=O) groups is 4. The third kappa shape index (κ3) is 65.1. The van der Waals surface area contributed by atoms with Gasteiger partial charge in [-0.3, -0.25) is 37.3 Å². The number of carbonyl (C=O) groups excluding carboxylic acids is 4. The summed E-state index contributed by atoms with van der Waals surface area (Å²) in [5.41, 5.74) is 0. The first kappa shape index (κ1) is 89.1. The molecule has 0 aliphatic carbocycles. The van der Waals surface area contributed by atoms with Crippen molar-refractivity contribution in [1.82, 2.24) is 0 Å². The molecule has 0 aromatic carbocycles. The van der Waals surface area contributed by atoms with Crippen molar-refractivity contribution < 1.29 is 80.2 Å². The smallest absolute Gasteiger partial charge is 0.462 e. The van der Waals surface area contributed by atoms with Gasteiger partial charge >= 0.3 is 39.5 Å². The minimum Gasteiger partial charge on any atom is -0.462 e. The summed E-state index contributed by atoms with van der Waals surface area (Å²) in [7, 11) is -9.90. The minimum atomic E-state index is -4.95. The van der Waals surface area contributed by atoms with Gasteiger partial charge in [0.25, 0.3) is 0 Å². The molecule has 0 rings (SSSR count). The van der Waals surface area contributed by atoms with E-state index in [1.165, 1.54) is 154 Å². The molecule has 0 aromatic rings. The minimum absolute atomic E-state index is 0.101. The summed E-state index contributed by atoms with van der Waals surface area (Å²) in [5, 5.41) is 10.6. The Morgan fingerprint density at radius 2 is 0.527 bits per heavy atom. The number of rotatable bonds is 69. The summed E-state index contributed by atoms with van der Waals surface area (Å²) in [4.78, 5) is 72.5. The Hall–Kier alpha value is -1.94. The largest absolute Gasteiger partial charge is 0.472 e.